The highest BCUT2D eigenvalue weighted by Gasteiger charge is 2.06. The third kappa shape index (κ3) is 6.19. The first kappa shape index (κ1) is 22.1. The number of nitrogens with one attached hydrogen (secondary N) is 2. The van der Waals surface area contributed by atoms with Crippen LogP contribution in [0.25, 0.3) is 11.0 Å². The van der Waals surface area contributed by atoms with Crippen molar-refractivity contribution in [1.82, 2.24) is 25.2 Å². The molecule has 0 aliphatic carbocycles. The number of nitrogens with zero attached hydrogens (tertiary/aromatic N) is 4. The van der Waals surface area contributed by atoms with Crippen LogP contribution < -0.4 is 10.6 Å². The highest BCUT2D eigenvalue weighted by molar-refractivity contribution is 14.0. The maximum absolute atomic E-state index is 4.70. The van der Waals surface area contributed by atoms with E-state index < -0.39 is 0 Å². The predicted octanol–water partition coefficient (Wildman–Crippen LogP) is 3.55. The van der Waals surface area contributed by atoms with Crippen molar-refractivity contribution in [3.63, 3.8) is 0 Å². The van der Waals surface area contributed by atoms with Gasteiger partial charge in [0.1, 0.15) is 5.82 Å². The van der Waals surface area contributed by atoms with Gasteiger partial charge in [0.15, 0.2) is 5.96 Å². The smallest absolute Gasteiger partial charge is 0.191 e. The van der Waals surface area contributed by atoms with Gasteiger partial charge in [-0.1, -0.05) is 18.2 Å². The predicted molar refractivity (Wildman–Crippen MR) is 126 cm³/mol. The number of guanidine groups is 1. The van der Waals surface area contributed by atoms with Crippen LogP contribution in [0.5, 0.6) is 0 Å². The van der Waals surface area contributed by atoms with Crippen molar-refractivity contribution < 1.29 is 0 Å². The molecule has 0 spiro atoms. The Kier molecular flexibility index (Phi) is 9.19. The number of hydrogen-bond donors (Lipinski definition) is 2. The number of aromatic nitrogens is 3. The monoisotopic (exact) mass is 492 g/mol. The van der Waals surface area contributed by atoms with Crippen molar-refractivity contribution in [3.8, 4) is 0 Å². The molecule has 0 aliphatic rings. The van der Waals surface area contributed by atoms with Gasteiger partial charge in [-0.25, -0.2) is 4.98 Å². The minimum Gasteiger partial charge on any atom is -0.357 e. The van der Waals surface area contributed by atoms with E-state index in [1.54, 1.807) is 6.20 Å². The van der Waals surface area contributed by atoms with E-state index >= 15 is 0 Å². The van der Waals surface area contributed by atoms with Gasteiger partial charge >= 0.3 is 0 Å². The Balaban J connectivity index is 0.00000280. The van der Waals surface area contributed by atoms with Gasteiger partial charge in [0.25, 0.3) is 0 Å². The van der Waals surface area contributed by atoms with Crippen molar-refractivity contribution >= 4 is 41.0 Å². The number of rotatable bonds is 8. The van der Waals surface area contributed by atoms with Gasteiger partial charge in [-0.3, -0.25) is 9.98 Å². The Labute approximate surface area is 183 Å². The highest BCUT2D eigenvalue weighted by Crippen LogP contribution is 2.15. The van der Waals surface area contributed by atoms with E-state index in [-0.39, 0.29) is 24.0 Å². The van der Waals surface area contributed by atoms with Crippen LogP contribution in [0.3, 0.4) is 0 Å². The van der Waals surface area contributed by atoms with Crippen LogP contribution in [-0.4, -0.2) is 40.1 Å². The van der Waals surface area contributed by atoms with Crippen molar-refractivity contribution in [2.24, 2.45) is 4.99 Å². The van der Waals surface area contributed by atoms with Crippen molar-refractivity contribution in [3.05, 3.63) is 60.2 Å². The van der Waals surface area contributed by atoms with Crippen LogP contribution in [-0.2, 0) is 13.0 Å². The standard InChI is InChI=1S/C21H28N6.HI/c1-3-23-21(25-14-11-18-8-6-12-22-16-18)24-13-7-15-27-17(2)26-19-9-4-5-10-20(19)27;/h4-6,8-10,12,16H,3,7,11,13-15H2,1-2H3,(H2,23,24,25);1H. The fourth-order valence-electron chi connectivity index (χ4n) is 3.11. The van der Waals surface area contributed by atoms with E-state index in [0.29, 0.717) is 0 Å². The lowest BCUT2D eigenvalue weighted by atomic mass is 10.2. The lowest BCUT2D eigenvalue weighted by molar-refractivity contribution is 0.646. The molecule has 0 saturated carbocycles. The molecule has 1 aromatic carbocycles. The minimum atomic E-state index is 0. The quantitative estimate of drug-likeness (QED) is 0.219. The van der Waals surface area contributed by atoms with E-state index in [2.05, 4.69) is 63.3 Å². The molecule has 150 valence electrons. The fraction of sp³-hybridized carbons (Fsp3) is 0.381. The van der Waals surface area contributed by atoms with Gasteiger partial charge in [-0.2, -0.15) is 0 Å². The summed E-state index contributed by atoms with van der Waals surface area (Å²) in [5.41, 5.74) is 3.48. The van der Waals surface area contributed by atoms with Gasteiger partial charge in [0.2, 0.25) is 0 Å². The Morgan fingerprint density at radius 2 is 2.00 bits per heavy atom. The Bertz CT molecular complexity index is 875. The Hall–Kier alpha value is -2.16. The SMILES string of the molecule is CCNC(=NCCCn1c(C)nc2ccccc21)NCCc1cccnc1.I. The fourth-order valence-corrected chi connectivity index (χ4v) is 3.11. The van der Waals surface area contributed by atoms with Gasteiger partial charge in [-0.15, -0.1) is 24.0 Å². The summed E-state index contributed by atoms with van der Waals surface area (Å²) in [6.07, 6.45) is 5.61. The first-order chi connectivity index (χ1) is 13.3. The molecule has 2 aromatic heterocycles. The number of benzene rings is 1. The molecule has 3 rings (SSSR count). The first-order valence-corrected chi connectivity index (χ1v) is 9.61. The summed E-state index contributed by atoms with van der Waals surface area (Å²) in [4.78, 5) is 13.5. The largest absolute Gasteiger partial charge is 0.357 e. The molecule has 28 heavy (non-hydrogen) atoms. The Morgan fingerprint density at radius 3 is 2.79 bits per heavy atom. The van der Waals surface area contributed by atoms with Crippen LogP contribution in [0.2, 0.25) is 0 Å². The number of para-hydroxylation sites is 2. The number of hydrogen-bond acceptors (Lipinski definition) is 3. The summed E-state index contributed by atoms with van der Waals surface area (Å²) >= 11 is 0. The number of halogens is 1. The van der Waals surface area contributed by atoms with Crippen LogP contribution in [0.15, 0.2) is 53.8 Å². The molecule has 7 heteroatoms. The van der Waals surface area contributed by atoms with Gasteiger partial charge in [0.05, 0.1) is 11.0 Å². The molecular formula is C21H29IN6. The summed E-state index contributed by atoms with van der Waals surface area (Å²) in [6.45, 7) is 7.53. The molecule has 2 N–H and O–H groups in total. The molecule has 0 bridgehead atoms. The number of imidazole rings is 1. The topological polar surface area (TPSA) is 67.1 Å². The summed E-state index contributed by atoms with van der Waals surface area (Å²) in [5, 5.41) is 6.70. The number of fused-ring (bicyclic) bond motifs is 1. The van der Waals surface area contributed by atoms with Crippen molar-refractivity contribution in [1.29, 1.82) is 0 Å². The maximum atomic E-state index is 4.70. The number of aryl methyl sites for hydroxylation is 2. The molecule has 6 nitrogen and oxygen atoms in total. The third-order valence-corrected chi connectivity index (χ3v) is 4.43. The molecule has 3 aromatic rings. The maximum Gasteiger partial charge on any atom is 0.191 e. The van der Waals surface area contributed by atoms with Gasteiger partial charge in [-0.05, 0) is 50.5 Å². The molecule has 2 heterocycles. The van der Waals surface area contributed by atoms with Crippen LogP contribution >= 0.6 is 24.0 Å². The second-order valence-electron chi connectivity index (χ2n) is 6.45. The average Bonchev–Trinajstić information content (AvgIpc) is 3.01. The van der Waals surface area contributed by atoms with E-state index in [0.717, 1.165) is 56.3 Å². The second-order valence-corrected chi connectivity index (χ2v) is 6.45. The van der Waals surface area contributed by atoms with Crippen LogP contribution in [0, 0.1) is 6.92 Å². The lowest BCUT2D eigenvalue weighted by Crippen LogP contribution is -2.38. The van der Waals surface area contributed by atoms with E-state index in [1.165, 1.54) is 11.1 Å². The lowest BCUT2D eigenvalue weighted by Gasteiger charge is -2.11. The third-order valence-electron chi connectivity index (χ3n) is 4.43. The minimum absolute atomic E-state index is 0. The van der Waals surface area contributed by atoms with Gasteiger partial charge in [0, 0.05) is 38.6 Å². The molecular weight excluding hydrogens is 463 g/mol. The van der Waals surface area contributed by atoms with E-state index in [9.17, 15) is 0 Å². The summed E-state index contributed by atoms with van der Waals surface area (Å²) < 4.78 is 2.27. The normalized spacial score (nSPS) is 11.3. The van der Waals surface area contributed by atoms with Crippen molar-refractivity contribution in [2.45, 2.75) is 33.2 Å². The zero-order valence-corrected chi connectivity index (χ0v) is 18.9. The molecule has 0 radical (unpaired) electrons. The van der Waals surface area contributed by atoms with Gasteiger partial charge < -0.3 is 15.2 Å². The summed E-state index contributed by atoms with van der Waals surface area (Å²) in [6, 6.07) is 12.3. The molecule has 0 fully saturated rings. The van der Waals surface area contributed by atoms with E-state index in [4.69, 9.17) is 4.99 Å². The molecule has 0 aliphatic heterocycles. The molecule has 0 unspecified atom stereocenters. The summed E-state index contributed by atoms with van der Waals surface area (Å²) in [5.74, 6) is 1.93. The number of aliphatic imine (C=N–C) groups is 1. The average molecular weight is 492 g/mol. The zero-order valence-electron chi connectivity index (χ0n) is 16.6. The van der Waals surface area contributed by atoms with Crippen LogP contribution in [0.1, 0.15) is 24.7 Å². The van der Waals surface area contributed by atoms with Crippen LogP contribution in [0.4, 0.5) is 0 Å². The van der Waals surface area contributed by atoms with E-state index in [1.807, 2.05) is 18.3 Å². The Morgan fingerprint density at radius 1 is 1.14 bits per heavy atom. The molecule has 0 saturated heterocycles. The highest BCUT2D eigenvalue weighted by atomic mass is 127. The zero-order chi connectivity index (χ0) is 18.9. The first-order valence-electron chi connectivity index (χ1n) is 9.61. The second kappa shape index (κ2) is 11.6. The number of pyridine rings is 1. The molecule has 0 atom stereocenters. The summed E-state index contributed by atoms with van der Waals surface area (Å²) in [7, 11) is 0. The van der Waals surface area contributed by atoms with Crippen molar-refractivity contribution in [2.75, 3.05) is 19.6 Å². The molecule has 0 amide bonds.